The maximum atomic E-state index is 13.2. The number of likely N-dealkylation sites (tertiary alicyclic amines) is 1. The fourth-order valence-corrected chi connectivity index (χ4v) is 3.96. The summed E-state index contributed by atoms with van der Waals surface area (Å²) in [4.78, 5) is 28.8. The van der Waals surface area contributed by atoms with Crippen molar-refractivity contribution < 1.29 is 19.1 Å². The van der Waals surface area contributed by atoms with Gasteiger partial charge in [0.15, 0.2) is 6.10 Å². The molecule has 0 radical (unpaired) electrons. The lowest BCUT2D eigenvalue weighted by Crippen LogP contribution is -2.62. The van der Waals surface area contributed by atoms with Gasteiger partial charge in [0.05, 0.1) is 19.1 Å². The van der Waals surface area contributed by atoms with Gasteiger partial charge in [0.1, 0.15) is 18.5 Å². The molecule has 2 heterocycles. The number of likely N-dealkylation sites (N-methyl/N-ethyl adjacent to an activating group) is 1. The van der Waals surface area contributed by atoms with E-state index in [1.807, 2.05) is 62.4 Å². The van der Waals surface area contributed by atoms with Gasteiger partial charge in [-0.1, -0.05) is 36.4 Å². The van der Waals surface area contributed by atoms with E-state index < -0.39 is 12.1 Å². The van der Waals surface area contributed by atoms with Crippen molar-refractivity contribution in [2.24, 2.45) is 0 Å². The number of nitrogens with zero attached hydrogens (tertiary/aromatic N) is 2. The Hall–Kier alpha value is -2.86. The molecule has 4 rings (SSSR count). The van der Waals surface area contributed by atoms with Crippen molar-refractivity contribution in [1.29, 1.82) is 0 Å². The Morgan fingerprint density at radius 1 is 1.10 bits per heavy atom. The molecule has 0 bridgehead atoms. The van der Waals surface area contributed by atoms with Gasteiger partial charge in [-0.25, -0.2) is 0 Å². The predicted octanol–water partition coefficient (Wildman–Crippen LogP) is 2.49. The Balaban J connectivity index is 1.46. The molecule has 2 aliphatic rings. The van der Waals surface area contributed by atoms with Gasteiger partial charge in [-0.3, -0.25) is 9.59 Å². The van der Waals surface area contributed by atoms with Crippen LogP contribution in [0, 0.1) is 13.8 Å². The van der Waals surface area contributed by atoms with Crippen LogP contribution in [0.4, 0.5) is 0 Å². The maximum absolute atomic E-state index is 13.2. The van der Waals surface area contributed by atoms with Gasteiger partial charge in [0, 0.05) is 7.05 Å². The molecule has 29 heavy (non-hydrogen) atoms. The Morgan fingerprint density at radius 3 is 2.59 bits per heavy atom. The Labute approximate surface area is 171 Å². The lowest BCUT2D eigenvalue weighted by atomic mass is 9.93. The molecular weight excluding hydrogens is 368 g/mol. The molecule has 2 amide bonds. The Morgan fingerprint density at radius 2 is 1.86 bits per heavy atom. The summed E-state index contributed by atoms with van der Waals surface area (Å²) in [5.74, 6) is 0.604. The first-order valence-corrected chi connectivity index (χ1v) is 9.89. The van der Waals surface area contributed by atoms with Crippen molar-refractivity contribution in [3.8, 4) is 5.75 Å². The highest BCUT2D eigenvalue weighted by molar-refractivity contribution is 5.87. The molecule has 0 aromatic heterocycles. The normalized spacial score (nSPS) is 22.4. The molecule has 2 aromatic rings. The highest BCUT2D eigenvalue weighted by atomic mass is 16.5. The molecule has 2 saturated heterocycles. The minimum Gasteiger partial charge on any atom is -0.487 e. The first-order valence-electron chi connectivity index (χ1n) is 9.89. The summed E-state index contributed by atoms with van der Waals surface area (Å²) in [6.07, 6.45) is -0.737. The largest absolute Gasteiger partial charge is 0.487 e. The number of aryl methyl sites for hydroxylation is 2. The molecule has 152 valence electrons. The topological polar surface area (TPSA) is 59.1 Å². The van der Waals surface area contributed by atoms with E-state index in [1.165, 1.54) is 0 Å². The van der Waals surface area contributed by atoms with Gasteiger partial charge >= 0.3 is 0 Å². The number of amides is 2. The minimum absolute atomic E-state index is 0.0272. The van der Waals surface area contributed by atoms with Crippen molar-refractivity contribution in [3.63, 3.8) is 0 Å². The van der Waals surface area contributed by atoms with Crippen LogP contribution in [-0.2, 0) is 14.3 Å². The van der Waals surface area contributed by atoms with Crippen LogP contribution in [0.25, 0.3) is 0 Å². The fraction of sp³-hybridized carbons (Fsp3) is 0.391. The molecule has 6 nitrogen and oxygen atoms in total. The fourth-order valence-electron chi connectivity index (χ4n) is 3.96. The number of carbonyl (C=O) groups excluding carboxylic acids is 2. The zero-order valence-corrected chi connectivity index (χ0v) is 17.0. The average molecular weight is 394 g/mol. The standard InChI is InChI=1S/C23H26N2O4/c1-15-7-6-9-17(11-15)29-18-12-25(13-18)23(27)22-21(24(3)20(26)14-28-22)19-10-5-4-8-16(19)2/h4-11,18,21-22H,12-14H2,1-3H3/t21-,22+/m1/s1. The summed E-state index contributed by atoms with van der Waals surface area (Å²) in [5.41, 5.74) is 3.11. The second kappa shape index (κ2) is 7.87. The first-order chi connectivity index (χ1) is 13.9. The lowest BCUT2D eigenvalue weighted by molar-refractivity contribution is -0.172. The third-order valence-electron chi connectivity index (χ3n) is 5.69. The highest BCUT2D eigenvalue weighted by Crippen LogP contribution is 2.33. The SMILES string of the molecule is Cc1cccc(OC2CN(C(=O)[C@H]3OCC(=O)N(C)[C@@H]3c3ccccc3C)C2)c1. The monoisotopic (exact) mass is 394 g/mol. The summed E-state index contributed by atoms with van der Waals surface area (Å²) < 4.78 is 11.7. The minimum atomic E-state index is -0.710. The number of hydrogen-bond donors (Lipinski definition) is 0. The number of ether oxygens (including phenoxy) is 2. The molecule has 6 heteroatoms. The number of carbonyl (C=O) groups is 2. The quantitative estimate of drug-likeness (QED) is 0.800. The Kier molecular flexibility index (Phi) is 5.28. The van der Waals surface area contributed by atoms with Crippen LogP contribution in [0.15, 0.2) is 48.5 Å². The zero-order chi connectivity index (χ0) is 20.5. The molecule has 0 saturated carbocycles. The van der Waals surface area contributed by atoms with Crippen LogP contribution < -0.4 is 4.74 Å². The molecule has 0 aliphatic carbocycles. The summed E-state index contributed by atoms with van der Waals surface area (Å²) in [6.45, 7) is 4.97. The van der Waals surface area contributed by atoms with Gasteiger partial charge in [-0.05, 0) is 42.7 Å². The Bertz CT molecular complexity index is 923. The molecule has 2 aliphatic heterocycles. The van der Waals surface area contributed by atoms with Gasteiger partial charge < -0.3 is 19.3 Å². The van der Waals surface area contributed by atoms with Crippen LogP contribution in [0.2, 0.25) is 0 Å². The van der Waals surface area contributed by atoms with E-state index in [2.05, 4.69) is 0 Å². The number of hydrogen-bond acceptors (Lipinski definition) is 4. The van der Waals surface area contributed by atoms with Crippen LogP contribution in [0.1, 0.15) is 22.7 Å². The van der Waals surface area contributed by atoms with E-state index in [1.54, 1.807) is 16.8 Å². The maximum Gasteiger partial charge on any atom is 0.254 e. The molecule has 2 aromatic carbocycles. The molecule has 2 fully saturated rings. The summed E-state index contributed by atoms with van der Waals surface area (Å²) in [7, 11) is 1.74. The molecule has 0 N–H and O–H groups in total. The van der Waals surface area contributed by atoms with Crippen molar-refractivity contribution in [1.82, 2.24) is 9.80 Å². The van der Waals surface area contributed by atoms with Gasteiger partial charge in [-0.15, -0.1) is 0 Å². The molecular formula is C23H26N2O4. The second-order valence-electron chi connectivity index (χ2n) is 7.84. The summed E-state index contributed by atoms with van der Waals surface area (Å²) >= 11 is 0. The lowest BCUT2D eigenvalue weighted by Gasteiger charge is -2.45. The van der Waals surface area contributed by atoms with E-state index in [0.29, 0.717) is 13.1 Å². The molecule has 2 atom stereocenters. The van der Waals surface area contributed by atoms with Crippen molar-refractivity contribution in [3.05, 3.63) is 65.2 Å². The second-order valence-corrected chi connectivity index (χ2v) is 7.84. The summed E-state index contributed by atoms with van der Waals surface area (Å²) in [6, 6.07) is 15.3. The third kappa shape index (κ3) is 3.85. The predicted molar refractivity (Wildman–Crippen MR) is 109 cm³/mol. The highest BCUT2D eigenvalue weighted by Gasteiger charge is 2.45. The third-order valence-corrected chi connectivity index (χ3v) is 5.69. The van der Waals surface area contributed by atoms with Crippen LogP contribution in [-0.4, -0.2) is 60.6 Å². The van der Waals surface area contributed by atoms with E-state index in [-0.39, 0.29) is 24.5 Å². The number of morpholine rings is 1. The van der Waals surface area contributed by atoms with Crippen LogP contribution in [0.5, 0.6) is 5.75 Å². The van der Waals surface area contributed by atoms with Crippen LogP contribution in [0.3, 0.4) is 0 Å². The molecule has 0 unspecified atom stereocenters. The van der Waals surface area contributed by atoms with E-state index in [4.69, 9.17) is 9.47 Å². The smallest absolute Gasteiger partial charge is 0.254 e. The van der Waals surface area contributed by atoms with Crippen molar-refractivity contribution in [2.45, 2.75) is 32.1 Å². The van der Waals surface area contributed by atoms with E-state index >= 15 is 0 Å². The summed E-state index contributed by atoms with van der Waals surface area (Å²) in [5, 5.41) is 0. The first kappa shape index (κ1) is 19.5. The van der Waals surface area contributed by atoms with E-state index in [0.717, 1.165) is 22.4 Å². The number of benzene rings is 2. The van der Waals surface area contributed by atoms with Crippen molar-refractivity contribution >= 4 is 11.8 Å². The average Bonchev–Trinajstić information content (AvgIpc) is 2.67. The van der Waals surface area contributed by atoms with Crippen molar-refractivity contribution in [2.75, 3.05) is 26.7 Å². The van der Waals surface area contributed by atoms with Crippen LogP contribution >= 0.6 is 0 Å². The molecule has 0 spiro atoms. The van der Waals surface area contributed by atoms with Gasteiger partial charge in [0.25, 0.3) is 5.91 Å². The van der Waals surface area contributed by atoms with Gasteiger partial charge in [0.2, 0.25) is 5.91 Å². The van der Waals surface area contributed by atoms with E-state index in [9.17, 15) is 9.59 Å². The number of rotatable bonds is 4. The zero-order valence-electron chi connectivity index (χ0n) is 17.0. The van der Waals surface area contributed by atoms with Gasteiger partial charge in [-0.2, -0.15) is 0 Å².